The number of rotatable bonds is 1. The zero-order valence-electron chi connectivity index (χ0n) is 6.17. The minimum absolute atomic E-state index is 0.0131. The molecule has 0 spiro atoms. The number of amides is 2. The molecule has 0 bridgehead atoms. The Morgan fingerprint density at radius 1 is 1.31 bits per heavy atom. The van der Waals surface area contributed by atoms with Crippen LogP contribution in [0, 0.1) is 10.1 Å². The average molecular weight is 178 g/mol. The van der Waals surface area contributed by atoms with Gasteiger partial charge >= 0.3 is 11.8 Å². The molecule has 0 unspecified atom stereocenters. The van der Waals surface area contributed by atoms with Crippen LogP contribution in [0.2, 0.25) is 0 Å². The lowest BCUT2D eigenvalue weighted by atomic mass is 10.4. The third kappa shape index (κ3) is 1.15. The van der Waals surface area contributed by atoms with Gasteiger partial charge in [0.15, 0.2) is 0 Å². The summed E-state index contributed by atoms with van der Waals surface area (Å²) in [7, 11) is 0. The highest BCUT2D eigenvalue weighted by molar-refractivity contribution is 5.77. The van der Waals surface area contributed by atoms with E-state index >= 15 is 0 Å². The lowest BCUT2D eigenvalue weighted by Gasteiger charge is -1.87. The summed E-state index contributed by atoms with van der Waals surface area (Å²) in [6, 6.07) is 1.84. The molecule has 0 N–H and O–H groups in total. The summed E-state index contributed by atoms with van der Waals surface area (Å²) in [6.07, 6.45) is 0. The van der Waals surface area contributed by atoms with E-state index in [1.165, 1.54) is 12.1 Å². The van der Waals surface area contributed by atoms with Crippen molar-refractivity contribution in [2.45, 2.75) is 0 Å². The van der Waals surface area contributed by atoms with E-state index in [0.29, 0.717) is 0 Å². The standard InChI is InChI=1S/C6H2N4O3/c11-6-7-3-1-2-4(10(12)13)8-5(3)9-6/h1-2H. The number of urea groups is 1. The molecule has 2 amide bonds. The number of pyridine rings is 1. The second-order valence-corrected chi connectivity index (χ2v) is 2.28. The van der Waals surface area contributed by atoms with E-state index in [1.54, 1.807) is 0 Å². The number of carbonyl (C=O) groups excluding carboxylic acids is 1. The molecule has 0 saturated heterocycles. The molecule has 2 rings (SSSR count). The monoisotopic (exact) mass is 178 g/mol. The molecule has 64 valence electrons. The molecule has 0 aliphatic carbocycles. The quantitative estimate of drug-likeness (QED) is 0.422. The van der Waals surface area contributed by atoms with Gasteiger partial charge in [0, 0.05) is 6.07 Å². The van der Waals surface area contributed by atoms with E-state index in [1.807, 2.05) is 0 Å². The third-order valence-electron chi connectivity index (χ3n) is 1.44. The molecule has 7 heteroatoms. The molecule has 13 heavy (non-hydrogen) atoms. The summed E-state index contributed by atoms with van der Waals surface area (Å²) in [6.45, 7) is 0. The molecule has 0 atom stereocenters. The summed E-state index contributed by atoms with van der Waals surface area (Å²) in [5.74, 6) is -0.340. The number of aromatic nitrogens is 1. The first kappa shape index (κ1) is 7.47. The number of nitrogens with zero attached hydrogens (tertiary/aromatic N) is 4. The summed E-state index contributed by atoms with van der Waals surface area (Å²) in [5.41, 5.74) is 0.0131. The van der Waals surface area contributed by atoms with Gasteiger partial charge in [-0.25, -0.2) is 4.79 Å². The lowest BCUT2D eigenvalue weighted by Crippen LogP contribution is -2.25. The van der Waals surface area contributed by atoms with Crippen LogP contribution in [0.1, 0.15) is 0 Å². The van der Waals surface area contributed by atoms with Crippen LogP contribution in [0.25, 0.3) is 0 Å². The predicted octanol–water partition coefficient (Wildman–Crippen LogP) is -0.637. The van der Waals surface area contributed by atoms with Crippen molar-refractivity contribution in [3.63, 3.8) is 0 Å². The van der Waals surface area contributed by atoms with Crippen LogP contribution in [-0.2, 0) is 0 Å². The van der Waals surface area contributed by atoms with Crippen LogP contribution in [-0.4, -0.2) is 15.9 Å². The molecule has 1 aromatic heterocycles. The molecule has 7 nitrogen and oxygen atoms in total. The van der Waals surface area contributed by atoms with Gasteiger partial charge in [0.2, 0.25) is 0 Å². The van der Waals surface area contributed by atoms with Crippen molar-refractivity contribution in [3.8, 4) is 0 Å². The SMILES string of the molecule is O=C1N=c2ccc([N+](=O)[O-])nc2=N1. The minimum Gasteiger partial charge on any atom is -0.358 e. The highest BCUT2D eigenvalue weighted by atomic mass is 16.6. The highest BCUT2D eigenvalue weighted by Crippen LogP contribution is 1.99. The van der Waals surface area contributed by atoms with Crippen molar-refractivity contribution in [1.29, 1.82) is 0 Å². The van der Waals surface area contributed by atoms with E-state index in [4.69, 9.17) is 0 Å². The van der Waals surface area contributed by atoms with Gasteiger partial charge in [0.1, 0.15) is 5.36 Å². The minimum atomic E-state index is -0.678. The number of hydrogen-bond acceptors (Lipinski definition) is 4. The fraction of sp³-hybridized carbons (Fsp3) is 0. The maximum absolute atomic E-state index is 10.6. The Bertz CT molecular complexity index is 521. The van der Waals surface area contributed by atoms with Crippen molar-refractivity contribution in [1.82, 2.24) is 4.98 Å². The van der Waals surface area contributed by atoms with Gasteiger partial charge in [-0.1, -0.05) is 0 Å². The van der Waals surface area contributed by atoms with Crippen LogP contribution >= 0.6 is 0 Å². The van der Waals surface area contributed by atoms with E-state index in [9.17, 15) is 14.9 Å². The number of fused-ring (bicyclic) bond motifs is 1. The van der Waals surface area contributed by atoms with Gasteiger partial charge in [-0.05, 0) is 16.0 Å². The zero-order chi connectivity index (χ0) is 9.42. The molecule has 1 aromatic rings. The maximum Gasteiger partial charge on any atom is 0.371 e. The number of carbonyl (C=O) groups is 1. The van der Waals surface area contributed by atoms with Crippen LogP contribution in [0.3, 0.4) is 0 Å². The topological polar surface area (TPSA) is 97.8 Å². The average Bonchev–Trinajstić information content (AvgIpc) is 2.42. The first-order valence-electron chi connectivity index (χ1n) is 3.30. The fourth-order valence-electron chi connectivity index (χ4n) is 0.921. The van der Waals surface area contributed by atoms with Crippen molar-refractivity contribution >= 4 is 11.8 Å². The Kier molecular flexibility index (Phi) is 1.38. The van der Waals surface area contributed by atoms with Gasteiger partial charge in [0.05, 0.1) is 0 Å². The molecule has 1 aliphatic rings. The first-order valence-corrected chi connectivity index (χ1v) is 3.30. The van der Waals surface area contributed by atoms with Gasteiger partial charge in [-0.3, -0.25) is 0 Å². The van der Waals surface area contributed by atoms with Gasteiger partial charge in [0.25, 0.3) is 5.49 Å². The molecular weight excluding hydrogens is 176 g/mol. The smallest absolute Gasteiger partial charge is 0.358 e. The second-order valence-electron chi connectivity index (χ2n) is 2.28. The summed E-state index contributed by atoms with van der Waals surface area (Å²) in [5, 5.41) is 10.5. The largest absolute Gasteiger partial charge is 0.371 e. The summed E-state index contributed by atoms with van der Waals surface area (Å²) < 4.78 is 0. The van der Waals surface area contributed by atoms with Crippen molar-refractivity contribution in [2.24, 2.45) is 9.98 Å². The normalized spacial score (nSPS) is 13.1. The first-order chi connectivity index (χ1) is 6.16. The second kappa shape index (κ2) is 2.41. The van der Waals surface area contributed by atoms with E-state index in [2.05, 4.69) is 15.0 Å². The van der Waals surface area contributed by atoms with E-state index in [-0.39, 0.29) is 16.7 Å². The summed E-state index contributed by atoms with van der Waals surface area (Å²) >= 11 is 0. The van der Waals surface area contributed by atoms with Gasteiger partial charge in [-0.2, -0.15) is 4.99 Å². The third-order valence-corrected chi connectivity index (χ3v) is 1.44. The van der Waals surface area contributed by atoms with Crippen molar-refractivity contribution in [2.75, 3.05) is 0 Å². The van der Waals surface area contributed by atoms with E-state index < -0.39 is 11.0 Å². The molecular formula is C6H2N4O3. The van der Waals surface area contributed by atoms with Crippen LogP contribution in [0.4, 0.5) is 10.6 Å². The van der Waals surface area contributed by atoms with Crippen molar-refractivity contribution in [3.05, 3.63) is 33.1 Å². The Morgan fingerprint density at radius 3 is 2.77 bits per heavy atom. The van der Waals surface area contributed by atoms with Crippen molar-refractivity contribution < 1.29 is 9.72 Å². The predicted molar refractivity (Wildman–Crippen MR) is 38.6 cm³/mol. The maximum atomic E-state index is 10.6. The van der Waals surface area contributed by atoms with E-state index in [0.717, 1.165) is 0 Å². The number of nitro groups is 1. The Balaban J connectivity index is 2.73. The number of hydrogen-bond donors (Lipinski definition) is 0. The van der Waals surface area contributed by atoms with Gasteiger partial charge < -0.3 is 10.1 Å². The lowest BCUT2D eigenvalue weighted by molar-refractivity contribution is -0.389. The van der Waals surface area contributed by atoms with Crippen LogP contribution < -0.4 is 10.8 Å². The Morgan fingerprint density at radius 2 is 2.08 bits per heavy atom. The molecule has 1 aliphatic heterocycles. The molecule has 2 heterocycles. The fourth-order valence-corrected chi connectivity index (χ4v) is 0.921. The van der Waals surface area contributed by atoms with Crippen LogP contribution in [0.15, 0.2) is 22.1 Å². The highest BCUT2D eigenvalue weighted by Gasteiger charge is 2.13. The molecule has 0 radical (unpaired) electrons. The van der Waals surface area contributed by atoms with Gasteiger partial charge in [-0.15, -0.1) is 4.99 Å². The Labute approximate surface area is 70.6 Å². The molecule has 0 aromatic carbocycles. The Hall–Kier alpha value is -2.18. The summed E-state index contributed by atoms with van der Waals surface area (Å²) in [4.78, 5) is 30.6. The zero-order valence-corrected chi connectivity index (χ0v) is 6.17. The molecule has 0 saturated carbocycles. The van der Waals surface area contributed by atoms with Crippen LogP contribution in [0.5, 0.6) is 0 Å². The molecule has 0 fully saturated rings.